The fraction of sp³-hybridized carbons (Fsp3) is 0.182. The Balaban J connectivity index is 1.83. The minimum absolute atomic E-state index is 0.585. The first-order valence-electron chi connectivity index (χ1n) is 9.00. The first-order chi connectivity index (χ1) is 14.1. The van der Waals surface area contributed by atoms with Gasteiger partial charge in [-0.05, 0) is 59.7 Å². The number of nitrogens with zero attached hydrogens (tertiary/aromatic N) is 2. The summed E-state index contributed by atoms with van der Waals surface area (Å²) >= 11 is 11.8. The van der Waals surface area contributed by atoms with E-state index in [4.69, 9.17) is 33.3 Å². The number of methoxy groups -OCH3 is 2. The Labute approximate surface area is 181 Å². The van der Waals surface area contributed by atoms with Gasteiger partial charge in [0.25, 0.3) is 0 Å². The monoisotopic (exact) mass is 427 g/mol. The first-order valence-corrected chi connectivity index (χ1v) is 9.79. The number of pyridine rings is 1. The van der Waals surface area contributed by atoms with Crippen molar-refractivity contribution in [3.8, 4) is 11.5 Å². The summed E-state index contributed by atoms with van der Waals surface area (Å²) in [5.41, 5.74) is 2.94. The second kappa shape index (κ2) is 10.1. The summed E-state index contributed by atoms with van der Waals surface area (Å²) in [6.07, 6.45) is 3.59. The molecule has 0 saturated carbocycles. The molecule has 150 valence electrons. The highest BCUT2D eigenvalue weighted by Crippen LogP contribution is 2.28. The predicted molar refractivity (Wildman–Crippen MR) is 121 cm³/mol. The summed E-state index contributed by atoms with van der Waals surface area (Å²) in [4.78, 5) is 6.27. The number of anilines is 1. The lowest BCUT2D eigenvalue weighted by atomic mass is 10.1. The standard InChI is InChI=1S/C22H22ClN3O2S/c1-27-20-9-8-16(11-21(20)28-2)14-26(15-17-5-4-10-24-13-17)22(29)25-19-7-3-6-18(23)12-19/h3-13H,14-15H2,1-2H3,(H,25,29). The third-order valence-electron chi connectivity index (χ3n) is 4.28. The van der Waals surface area contributed by atoms with Crippen LogP contribution in [0.15, 0.2) is 67.0 Å². The van der Waals surface area contributed by atoms with E-state index in [1.165, 1.54) is 0 Å². The van der Waals surface area contributed by atoms with E-state index < -0.39 is 0 Å². The Morgan fingerprint density at radius 2 is 1.79 bits per heavy atom. The van der Waals surface area contributed by atoms with E-state index in [0.717, 1.165) is 16.8 Å². The van der Waals surface area contributed by atoms with Gasteiger partial charge in [-0.15, -0.1) is 0 Å². The number of halogens is 1. The van der Waals surface area contributed by atoms with Gasteiger partial charge in [0.1, 0.15) is 0 Å². The number of ether oxygens (including phenoxy) is 2. The number of rotatable bonds is 7. The molecule has 0 unspecified atom stereocenters. The minimum Gasteiger partial charge on any atom is -0.493 e. The van der Waals surface area contributed by atoms with Gasteiger partial charge in [-0.1, -0.05) is 29.8 Å². The zero-order valence-corrected chi connectivity index (χ0v) is 17.8. The van der Waals surface area contributed by atoms with Crippen molar-refractivity contribution in [1.29, 1.82) is 0 Å². The van der Waals surface area contributed by atoms with Crippen molar-refractivity contribution in [3.63, 3.8) is 0 Å². The molecule has 0 aliphatic heterocycles. The molecule has 2 aromatic carbocycles. The average molecular weight is 428 g/mol. The molecular formula is C22H22ClN3O2S. The molecule has 1 heterocycles. The number of hydrogen-bond donors (Lipinski definition) is 1. The Bertz CT molecular complexity index is 969. The molecule has 1 N–H and O–H groups in total. The van der Waals surface area contributed by atoms with E-state index in [-0.39, 0.29) is 0 Å². The molecule has 0 bridgehead atoms. The van der Waals surface area contributed by atoms with E-state index in [1.54, 1.807) is 20.4 Å². The van der Waals surface area contributed by atoms with E-state index in [0.29, 0.717) is 34.7 Å². The number of nitrogens with one attached hydrogen (secondary N) is 1. The van der Waals surface area contributed by atoms with Crippen molar-refractivity contribution in [2.24, 2.45) is 0 Å². The Morgan fingerprint density at radius 1 is 1.00 bits per heavy atom. The second-order valence-corrected chi connectivity index (χ2v) is 7.17. The van der Waals surface area contributed by atoms with Crippen molar-refractivity contribution in [3.05, 3.63) is 83.1 Å². The number of thiocarbonyl (C=S) groups is 1. The number of hydrogen-bond acceptors (Lipinski definition) is 4. The quantitative estimate of drug-likeness (QED) is 0.526. The third-order valence-corrected chi connectivity index (χ3v) is 4.88. The molecule has 0 aliphatic rings. The Morgan fingerprint density at radius 3 is 2.48 bits per heavy atom. The minimum atomic E-state index is 0.585. The Kier molecular flexibility index (Phi) is 7.27. The van der Waals surface area contributed by atoms with Crippen LogP contribution in [0.4, 0.5) is 5.69 Å². The second-order valence-electron chi connectivity index (χ2n) is 6.35. The Hall–Kier alpha value is -2.83. The molecule has 3 aromatic rings. The molecule has 7 heteroatoms. The van der Waals surface area contributed by atoms with Crippen LogP contribution in [-0.4, -0.2) is 29.2 Å². The van der Waals surface area contributed by atoms with Gasteiger partial charge in [-0.25, -0.2) is 0 Å². The van der Waals surface area contributed by atoms with E-state index in [1.807, 2.05) is 60.8 Å². The van der Waals surface area contributed by atoms with Gasteiger partial charge in [0.15, 0.2) is 16.6 Å². The first kappa shape index (κ1) is 20.9. The van der Waals surface area contributed by atoms with Crippen molar-refractivity contribution in [2.75, 3.05) is 19.5 Å². The normalized spacial score (nSPS) is 10.3. The summed E-state index contributed by atoms with van der Waals surface area (Å²) in [7, 11) is 3.25. The maximum Gasteiger partial charge on any atom is 0.174 e. The van der Waals surface area contributed by atoms with Gasteiger partial charge in [0.05, 0.1) is 14.2 Å². The molecule has 0 amide bonds. The summed E-state index contributed by atoms with van der Waals surface area (Å²) < 4.78 is 10.8. The fourth-order valence-corrected chi connectivity index (χ4v) is 3.32. The van der Waals surface area contributed by atoms with Gasteiger partial charge in [-0.3, -0.25) is 4.98 Å². The molecule has 0 aliphatic carbocycles. The molecule has 0 saturated heterocycles. The molecule has 0 fully saturated rings. The smallest absolute Gasteiger partial charge is 0.174 e. The van der Waals surface area contributed by atoms with Crippen LogP contribution in [-0.2, 0) is 13.1 Å². The fourth-order valence-electron chi connectivity index (χ4n) is 2.88. The zero-order chi connectivity index (χ0) is 20.6. The SMILES string of the molecule is COc1ccc(CN(Cc2cccnc2)C(=S)Nc2cccc(Cl)c2)cc1OC. The molecule has 0 spiro atoms. The molecule has 0 radical (unpaired) electrons. The summed E-state index contributed by atoms with van der Waals surface area (Å²) in [5.74, 6) is 1.37. The van der Waals surface area contributed by atoms with Crippen molar-refractivity contribution >= 4 is 34.6 Å². The van der Waals surface area contributed by atoms with E-state index in [2.05, 4.69) is 15.2 Å². The lowest BCUT2D eigenvalue weighted by Gasteiger charge is -2.26. The predicted octanol–water partition coefficient (Wildman–Crippen LogP) is 5.15. The molecule has 3 rings (SSSR count). The highest BCUT2D eigenvalue weighted by molar-refractivity contribution is 7.80. The lowest BCUT2D eigenvalue weighted by Crippen LogP contribution is -2.33. The van der Waals surface area contributed by atoms with Crippen LogP contribution in [0.2, 0.25) is 5.02 Å². The zero-order valence-electron chi connectivity index (χ0n) is 16.3. The highest BCUT2D eigenvalue weighted by atomic mass is 35.5. The van der Waals surface area contributed by atoms with Crippen LogP contribution in [0.1, 0.15) is 11.1 Å². The lowest BCUT2D eigenvalue weighted by molar-refractivity contribution is 0.352. The van der Waals surface area contributed by atoms with Gasteiger partial charge >= 0.3 is 0 Å². The van der Waals surface area contributed by atoms with Crippen LogP contribution < -0.4 is 14.8 Å². The third kappa shape index (κ3) is 5.82. The van der Waals surface area contributed by atoms with Crippen molar-refractivity contribution in [1.82, 2.24) is 9.88 Å². The summed E-state index contributed by atoms with van der Waals surface area (Å²) in [6.45, 7) is 1.19. The maximum atomic E-state index is 6.10. The molecule has 1 aromatic heterocycles. The van der Waals surface area contributed by atoms with Crippen LogP contribution in [0.3, 0.4) is 0 Å². The highest BCUT2D eigenvalue weighted by Gasteiger charge is 2.14. The topological polar surface area (TPSA) is 46.6 Å². The number of aromatic nitrogens is 1. The van der Waals surface area contributed by atoms with Gasteiger partial charge < -0.3 is 19.7 Å². The van der Waals surface area contributed by atoms with Crippen LogP contribution in [0.25, 0.3) is 0 Å². The van der Waals surface area contributed by atoms with Crippen LogP contribution >= 0.6 is 23.8 Å². The molecular weight excluding hydrogens is 406 g/mol. The molecule has 29 heavy (non-hydrogen) atoms. The van der Waals surface area contributed by atoms with E-state index in [9.17, 15) is 0 Å². The van der Waals surface area contributed by atoms with Crippen LogP contribution in [0, 0.1) is 0 Å². The summed E-state index contributed by atoms with van der Waals surface area (Å²) in [5, 5.41) is 4.51. The number of benzene rings is 2. The van der Waals surface area contributed by atoms with E-state index >= 15 is 0 Å². The summed E-state index contributed by atoms with van der Waals surface area (Å²) in [6, 6.07) is 17.3. The molecule has 5 nitrogen and oxygen atoms in total. The van der Waals surface area contributed by atoms with Crippen molar-refractivity contribution in [2.45, 2.75) is 13.1 Å². The van der Waals surface area contributed by atoms with Gasteiger partial charge in [0, 0.05) is 36.2 Å². The average Bonchev–Trinajstić information content (AvgIpc) is 2.74. The van der Waals surface area contributed by atoms with Crippen LogP contribution in [0.5, 0.6) is 11.5 Å². The maximum absolute atomic E-state index is 6.10. The van der Waals surface area contributed by atoms with Gasteiger partial charge in [-0.2, -0.15) is 0 Å². The molecule has 0 atom stereocenters. The van der Waals surface area contributed by atoms with Gasteiger partial charge in [0.2, 0.25) is 0 Å². The van der Waals surface area contributed by atoms with Crippen molar-refractivity contribution < 1.29 is 9.47 Å². The largest absolute Gasteiger partial charge is 0.493 e.